The molecule has 0 unspecified atom stereocenters. The van der Waals surface area contributed by atoms with Gasteiger partial charge in [0.25, 0.3) is 5.91 Å². The van der Waals surface area contributed by atoms with Crippen molar-refractivity contribution in [1.82, 2.24) is 5.32 Å². The van der Waals surface area contributed by atoms with E-state index in [-0.39, 0.29) is 5.91 Å². The lowest BCUT2D eigenvalue weighted by atomic mass is 10.1. The van der Waals surface area contributed by atoms with Crippen LogP contribution >= 0.6 is 11.6 Å². The molecule has 1 aromatic rings. The molecule has 0 aliphatic heterocycles. The summed E-state index contributed by atoms with van der Waals surface area (Å²) in [7, 11) is 1.57. The molecule has 0 saturated carbocycles. The fraction of sp³-hybridized carbons (Fsp3) is 0.500. The second-order valence-corrected chi connectivity index (χ2v) is 4.44. The van der Waals surface area contributed by atoms with Gasteiger partial charge in [0.15, 0.2) is 0 Å². The summed E-state index contributed by atoms with van der Waals surface area (Å²) in [6.45, 7) is 0.694. The Morgan fingerprint density at radius 3 is 2.67 bits per heavy atom. The first kappa shape index (κ1) is 14.8. The predicted octanol–water partition coefficient (Wildman–Crippen LogP) is 3.22. The molecule has 0 bridgehead atoms. The third kappa shape index (κ3) is 4.96. The van der Waals surface area contributed by atoms with Crippen LogP contribution in [-0.4, -0.2) is 25.4 Å². The number of hydrogen-bond acceptors (Lipinski definition) is 2. The number of rotatable bonds is 8. The zero-order valence-corrected chi connectivity index (χ0v) is 11.5. The van der Waals surface area contributed by atoms with Gasteiger partial charge in [-0.25, -0.2) is 0 Å². The summed E-state index contributed by atoms with van der Waals surface area (Å²) in [6, 6.07) is 7.23. The first-order valence-corrected chi connectivity index (χ1v) is 6.80. The molecule has 0 heterocycles. The van der Waals surface area contributed by atoms with Crippen LogP contribution in [0.3, 0.4) is 0 Å². The van der Waals surface area contributed by atoms with E-state index in [1.165, 1.54) is 0 Å². The molecule has 0 aliphatic carbocycles. The van der Waals surface area contributed by atoms with Gasteiger partial charge in [0.2, 0.25) is 0 Å². The van der Waals surface area contributed by atoms with E-state index in [4.69, 9.17) is 16.3 Å². The second kappa shape index (κ2) is 8.81. The summed E-state index contributed by atoms with van der Waals surface area (Å²) in [4.78, 5) is 11.9. The fourth-order valence-electron chi connectivity index (χ4n) is 1.70. The molecule has 4 heteroatoms. The lowest BCUT2D eigenvalue weighted by molar-refractivity contribution is 0.0950. The van der Waals surface area contributed by atoms with Gasteiger partial charge in [-0.3, -0.25) is 4.79 Å². The molecule has 0 aliphatic rings. The number of ether oxygens (including phenoxy) is 1. The minimum Gasteiger partial charge on any atom is -0.496 e. The summed E-state index contributed by atoms with van der Waals surface area (Å²) in [5.41, 5.74) is 0.584. The highest BCUT2D eigenvalue weighted by Crippen LogP contribution is 2.16. The Bertz CT molecular complexity index is 369. The molecule has 18 heavy (non-hydrogen) atoms. The molecule has 1 amide bonds. The molecule has 0 radical (unpaired) electrons. The third-order valence-electron chi connectivity index (χ3n) is 2.70. The zero-order valence-electron chi connectivity index (χ0n) is 10.7. The third-order valence-corrected chi connectivity index (χ3v) is 2.96. The van der Waals surface area contributed by atoms with E-state index in [9.17, 15) is 4.79 Å². The van der Waals surface area contributed by atoms with Crippen LogP contribution in [0.4, 0.5) is 0 Å². The van der Waals surface area contributed by atoms with Crippen molar-refractivity contribution in [2.45, 2.75) is 25.7 Å². The molecular weight excluding hydrogens is 250 g/mol. The van der Waals surface area contributed by atoms with Crippen LogP contribution in [0.1, 0.15) is 36.0 Å². The first-order chi connectivity index (χ1) is 8.79. The van der Waals surface area contributed by atoms with Crippen LogP contribution in [0.25, 0.3) is 0 Å². The topological polar surface area (TPSA) is 38.3 Å². The Kier molecular flexibility index (Phi) is 7.26. The molecule has 0 aromatic heterocycles. The molecule has 1 rings (SSSR count). The van der Waals surface area contributed by atoms with Gasteiger partial charge in [0.1, 0.15) is 5.75 Å². The molecule has 100 valence electrons. The number of unbranched alkanes of at least 4 members (excludes halogenated alkanes) is 3. The van der Waals surface area contributed by atoms with Gasteiger partial charge in [0, 0.05) is 12.4 Å². The van der Waals surface area contributed by atoms with E-state index in [0.29, 0.717) is 23.7 Å². The second-order valence-electron chi connectivity index (χ2n) is 4.06. The summed E-state index contributed by atoms with van der Waals surface area (Å²) in [6.07, 6.45) is 4.24. The van der Waals surface area contributed by atoms with Gasteiger partial charge >= 0.3 is 0 Å². The minimum atomic E-state index is -0.0789. The van der Waals surface area contributed by atoms with E-state index in [1.807, 2.05) is 12.1 Å². The lowest BCUT2D eigenvalue weighted by Gasteiger charge is -2.08. The number of halogens is 1. The Balaban J connectivity index is 2.32. The largest absolute Gasteiger partial charge is 0.496 e. The SMILES string of the molecule is COc1ccccc1C(=O)NCCCCCCCl. The molecule has 1 N–H and O–H groups in total. The number of amides is 1. The van der Waals surface area contributed by atoms with Crippen LogP contribution in [-0.2, 0) is 0 Å². The highest BCUT2D eigenvalue weighted by Gasteiger charge is 2.09. The van der Waals surface area contributed by atoms with E-state index >= 15 is 0 Å². The normalized spacial score (nSPS) is 10.1. The Morgan fingerprint density at radius 1 is 1.22 bits per heavy atom. The molecular formula is C14H20ClNO2. The van der Waals surface area contributed by atoms with E-state index < -0.39 is 0 Å². The van der Waals surface area contributed by atoms with Gasteiger partial charge in [-0.1, -0.05) is 25.0 Å². The molecule has 1 aromatic carbocycles. The van der Waals surface area contributed by atoms with Crippen LogP contribution in [0, 0.1) is 0 Å². The van der Waals surface area contributed by atoms with Gasteiger partial charge in [-0.05, 0) is 25.0 Å². The van der Waals surface area contributed by atoms with Crippen molar-refractivity contribution in [1.29, 1.82) is 0 Å². The number of para-hydroxylation sites is 1. The maximum atomic E-state index is 11.9. The Labute approximate surface area is 113 Å². The zero-order chi connectivity index (χ0) is 13.2. The monoisotopic (exact) mass is 269 g/mol. The number of carbonyl (C=O) groups excluding carboxylic acids is 1. The van der Waals surface area contributed by atoms with Crippen molar-refractivity contribution in [3.8, 4) is 5.75 Å². The van der Waals surface area contributed by atoms with Crippen molar-refractivity contribution in [3.63, 3.8) is 0 Å². The average molecular weight is 270 g/mol. The van der Waals surface area contributed by atoms with Crippen molar-refractivity contribution in [2.75, 3.05) is 19.5 Å². The van der Waals surface area contributed by atoms with Crippen molar-refractivity contribution in [2.24, 2.45) is 0 Å². The molecule has 0 spiro atoms. The van der Waals surface area contributed by atoms with Gasteiger partial charge in [-0.15, -0.1) is 11.6 Å². The molecule has 3 nitrogen and oxygen atoms in total. The fourth-order valence-corrected chi connectivity index (χ4v) is 1.89. The van der Waals surface area contributed by atoms with E-state index in [2.05, 4.69) is 5.32 Å². The number of alkyl halides is 1. The maximum absolute atomic E-state index is 11.9. The van der Waals surface area contributed by atoms with Crippen LogP contribution in [0.5, 0.6) is 5.75 Å². The number of hydrogen-bond donors (Lipinski definition) is 1. The van der Waals surface area contributed by atoms with Crippen LogP contribution in [0.15, 0.2) is 24.3 Å². The van der Waals surface area contributed by atoms with Crippen LogP contribution in [0.2, 0.25) is 0 Å². The summed E-state index contributed by atoms with van der Waals surface area (Å²) in [5.74, 6) is 1.25. The van der Waals surface area contributed by atoms with Crippen LogP contribution < -0.4 is 10.1 Å². The summed E-state index contributed by atoms with van der Waals surface area (Å²) >= 11 is 5.59. The quantitative estimate of drug-likeness (QED) is 0.581. The molecule has 0 atom stereocenters. The van der Waals surface area contributed by atoms with E-state index in [0.717, 1.165) is 25.7 Å². The smallest absolute Gasteiger partial charge is 0.255 e. The van der Waals surface area contributed by atoms with Crippen molar-refractivity contribution < 1.29 is 9.53 Å². The Hall–Kier alpha value is -1.22. The molecule has 0 saturated heterocycles. The predicted molar refractivity (Wildman–Crippen MR) is 74.5 cm³/mol. The number of nitrogens with one attached hydrogen (secondary N) is 1. The molecule has 0 fully saturated rings. The number of methoxy groups -OCH3 is 1. The highest BCUT2D eigenvalue weighted by atomic mass is 35.5. The van der Waals surface area contributed by atoms with E-state index in [1.54, 1.807) is 19.2 Å². The average Bonchev–Trinajstić information content (AvgIpc) is 2.42. The van der Waals surface area contributed by atoms with Gasteiger partial charge < -0.3 is 10.1 Å². The number of benzene rings is 1. The maximum Gasteiger partial charge on any atom is 0.255 e. The van der Waals surface area contributed by atoms with Gasteiger partial charge in [-0.2, -0.15) is 0 Å². The van der Waals surface area contributed by atoms with Crippen molar-refractivity contribution >= 4 is 17.5 Å². The Morgan fingerprint density at radius 2 is 1.94 bits per heavy atom. The standard InChI is InChI=1S/C14H20ClNO2/c1-18-13-9-5-4-8-12(13)14(17)16-11-7-3-2-6-10-15/h4-5,8-9H,2-3,6-7,10-11H2,1H3,(H,16,17). The lowest BCUT2D eigenvalue weighted by Crippen LogP contribution is -2.24. The van der Waals surface area contributed by atoms with Gasteiger partial charge in [0.05, 0.1) is 12.7 Å². The highest BCUT2D eigenvalue weighted by molar-refractivity contribution is 6.17. The minimum absolute atomic E-state index is 0.0789. The summed E-state index contributed by atoms with van der Waals surface area (Å²) in [5, 5.41) is 2.90. The summed E-state index contributed by atoms with van der Waals surface area (Å²) < 4.78 is 5.15. The first-order valence-electron chi connectivity index (χ1n) is 6.26. The van der Waals surface area contributed by atoms with Crippen molar-refractivity contribution in [3.05, 3.63) is 29.8 Å². The number of carbonyl (C=O) groups is 1.